The molecular weight excluding hydrogens is 371 g/mol. The van der Waals surface area contributed by atoms with E-state index in [1.165, 1.54) is 24.3 Å². The second-order valence-corrected chi connectivity index (χ2v) is 6.80. The molecule has 0 amide bonds. The highest BCUT2D eigenvalue weighted by Gasteiger charge is 2.17. The Morgan fingerprint density at radius 2 is 1.57 bits per heavy atom. The zero-order valence-electron chi connectivity index (χ0n) is 10.4. The van der Waals surface area contributed by atoms with Gasteiger partial charge in [-0.3, -0.25) is 0 Å². The number of sulfonamides is 1. The van der Waals surface area contributed by atoms with E-state index in [-0.39, 0.29) is 10.5 Å². The lowest BCUT2D eigenvalue weighted by Gasteiger charge is -2.08. The van der Waals surface area contributed by atoms with Gasteiger partial charge < -0.3 is 0 Å². The van der Waals surface area contributed by atoms with Crippen LogP contribution in [0.25, 0.3) is 0 Å². The van der Waals surface area contributed by atoms with Crippen LogP contribution in [0, 0.1) is 17.5 Å². The number of hydrogen-bond acceptors (Lipinski definition) is 2. The highest BCUT2D eigenvalue weighted by Crippen LogP contribution is 2.17. The van der Waals surface area contributed by atoms with Crippen molar-refractivity contribution in [3.8, 4) is 0 Å². The summed E-state index contributed by atoms with van der Waals surface area (Å²) in [7, 11) is -3.87. The Hall–Kier alpha value is -1.38. The molecule has 0 atom stereocenters. The molecule has 0 aliphatic rings. The minimum Gasteiger partial charge on any atom is -0.207 e. The van der Waals surface area contributed by atoms with Gasteiger partial charge in [-0.05, 0) is 30.3 Å². The predicted octanol–water partition coefficient (Wildman–Crippen LogP) is 3.34. The van der Waals surface area contributed by atoms with Crippen molar-refractivity contribution >= 4 is 26.0 Å². The minimum absolute atomic E-state index is 0.0197. The predicted molar refractivity (Wildman–Crippen MR) is 74.5 cm³/mol. The first-order valence-electron chi connectivity index (χ1n) is 5.69. The Bertz CT molecular complexity index is 764. The first-order chi connectivity index (χ1) is 9.81. The smallest absolute Gasteiger partial charge is 0.207 e. The van der Waals surface area contributed by atoms with Gasteiger partial charge in [0.25, 0.3) is 0 Å². The summed E-state index contributed by atoms with van der Waals surface area (Å²) in [4.78, 5) is -0.0197. The van der Waals surface area contributed by atoms with Crippen molar-refractivity contribution in [3.05, 3.63) is 63.9 Å². The van der Waals surface area contributed by atoms with Gasteiger partial charge in [0.1, 0.15) is 0 Å². The number of nitrogens with one attached hydrogen (secondary N) is 1. The van der Waals surface area contributed by atoms with Crippen molar-refractivity contribution in [3.63, 3.8) is 0 Å². The van der Waals surface area contributed by atoms with E-state index >= 15 is 0 Å². The highest BCUT2D eigenvalue weighted by molar-refractivity contribution is 9.10. The van der Waals surface area contributed by atoms with Crippen molar-refractivity contribution in [2.75, 3.05) is 0 Å². The lowest BCUT2D eigenvalue weighted by Crippen LogP contribution is -2.24. The monoisotopic (exact) mass is 379 g/mol. The van der Waals surface area contributed by atoms with Gasteiger partial charge in [0.05, 0.1) is 4.90 Å². The van der Waals surface area contributed by atoms with E-state index in [4.69, 9.17) is 0 Å². The summed E-state index contributed by atoms with van der Waals surface area (Å²) in [5.41, 5.74) is -0.283. The topological polar surface area (TPSA) is 46.2 Å². The molecule has 0 radical (unpaired) electrons. The first-order valence-corrected chi connectivity index (χ1v) is 7.96. The van der Waals surface area contributed by atoms with Gasteiger partial charge in [0.15, 0.2) is 17.5 Å². The summed E-state index contributed by atoms with van der Waals surface area (Å²) < 4.78 is 66.0. The van der Waals surface area contributed by atoms with Crippen molar-refractivity contribution in [2.24, 2.45) is 0 Å². The van der Waals surface area contributed by atoms with Gasteiger partial charge in [-0.2, -0.15) is 0 Å². The summed E-state index contributed by atoms with van der Waals surface area (Å²) in [5, 5.41) is 0. The van der Waals surface area contributed by atoms with Crippen LogP contribution in [0.4, 0.5) is 13.2 Å². The van der Waals surface area contributed by atoms with E-state index in [0.29, 0.717) is 4.47 Å². The standard InChI is InChI=1S/C13H9BrF3NO2S/c14-9-2-4-10(5-3-9)21(19,20)18-7-8-1-6-11(15)13(17)12(8)16/h1-6,18H,7H2. The van der Waals surface area contributed by atoms with E-state index in [2.05, 4.69) is 20.7 Å². The molecule has 3 nitrogen and oxygen atoms in total. The van der Waals surface area contributed by atoms with Crippen LogP contribution in [0.15, 0.2) is 45.8 Å². The molecule has 0 saturated heterocycles. The average molecular weight is 380 g/mol. The molecular formula is C13H9BrF3NO2S. The lowest BCUT2D eigenvalue weighted by atomic mass is 10.2. The molecule has 0 aliphatic heterocycles. The van der Waals surface area contributed by atoms with Crippen LogP contribution in [-0.2, 0) is 16.6 Å². The molecule has 21 heavy (non-hydrogen) atoms. The van der Waals surface area contributed by atoms with Gasteiger partial charge in [0, 0.05) is 16.6 Å². The molecule has 0 fully saturated rings. The normalized spacial score (nSPS) is 11.6. The molecule has 0 heterocycles. The van der Waals surface area contributed by atoms with Crippen molar-refractivity contribution in [1.29, 1.82) is 0 Å². The lowest BCUT2D eigenvalue weighted by molar-refractivity contribution is 0.440. The minimum atomic E-state index is -3.87. The molecule has 1 N–H and O–H groups in total. The molecule has 0 bridgehead atoms. The van der Waals surface area contributed by atoms with Crippen LogP contribution in [-0.4, -0.2) is 8.42 Å². The van der Waals surface area contributed by atoms with Crippen LogP contribution < -0.4 is 4.72 Å². The SMILES string of the molecule is O=S(=O)(NCc1ccc(F)c(F)c1F)c1ccc(Br)cc1. The van der Waals surface area contributed by atoms with E-state index < -0.39 is 34.0 Å². The maximum Gasteiger partial charge on any atom is 0.240 e. The summed E-state index contributed by atoms with van der Waals surface area (Å²) in [6, 6.07) is 7.50. The van der Waals surface area contributed by atoms with Crippen LogP contribution in [0.1, 0.15) is 5.56 Å². The number of benzene rings is 2. The summed E-state index contributed by atoms with van der Waals surface area (Å²) in [6.07, 6.45) is 0. The van der Waals surface area contributed by atoms with Gasteiger partial charge >= 0.3 is 0 Å². The molecule has 0 saturated carbocycles. The van der Waals surface area contributed by atoms with E-state index in [1.54, 1.807) is 0 Å². The Morgan fingerprint density at radius 1 is 0.952 bits per heavy atom. The Balaban J connectivity index is 2.19. The quantitative estimate of drug-likeness (QED) is 0.828. The third-order valence-corrected chi connectivity index (χ3v) is 4.64. The van der Waals surface area contributed by atoms with Crippen LogP contribution in [0.3, 0.4) is 0 Å². The average Bonchev–Trinajstić information content (AvgIpc) is 2.44. The fraction of sp³-hybridized carbons (Fsp3) is 0.0769. The van der Waals surface area contributed by atoms with Crippen molar-refractivity contribution in [1.82, 2.24) is 4.72 Å². The maximum absolute atomic E-state index is 13.4. The molecule has 112 valence electrons. The Kier molecular flexibility index (Phi) is 4.70. The van der Waals surface area contributed by atoms with Gasteiger partial charge in [-0.25, -0.2) is 26.3 Å². The van der Waals surface area contributed by atoms with E-state index in [0.717, 1.165) is 12.1 Å². The zero-order chi connectivity index (χ0) is 15.6. The molecule has 0 aromatic heterocycles. The van der Waals surface area contributed by atoms with Crippen molar-refractivity contribution in [2.45, 2.75) is 11.4 Å². The Labute approximate surface area is 128 Å². The zero-order valence-corrected chi connectivity index (χ0v) is 12.8. The molecule has 8 heteroatoms. The fourth-order valence-corrected chi connectivity index (χ4v) is 2.84. The van der Waals surface area contributed by atoms with Crippen LogP contribution >= 0.6 is 15.9 Å². The number of hydrogen-bond donors (Lipinski definition) is 1. The van der Waals surface area contributed by atoms with E-state index in [1.807, 2.05) is 0 Å². The van der Waals surface area contributed by atoms with Gasteiger partial charge in [-0.1, -0.05) is 22.0 Å². The molecule has 2 rings (SSSR count). The number of halogens is 4. The Morgan fingerprint density at radius 3 is 2.19 bits per heavy atom. The van der Waals surface area contributed by atoms with E-state index in [9.17, 15) is 21.6 Å². The maximum atomic E-state index is 13.4. The fourth-order valence-electron chi connectivity index (χ4n) is 1.57. The highest BCUT2D eigenvalue weighted by atomic mass is 79.9. The van der Waals surface area contributed by atoms with Crippen LogP contribution in [0.2, 0.25) is 0 Å². The second-order valence-electron chi connectivity index (χ2n) is 4.11. The second kappa shape index (κ2) is 6.17. The molecule has 0 unspecified atom stereocenters. The van der Waals surface area contributed by atoms with Gasteiger partial charge in [0.2, 0.25) is 10.0 Å². The molecule has 2 aromatic carbocycles. The molecule has 0 aliphatic carbocycles. The third-order valence-electron chi connectivity index (χ3n) is 2.69. The first kappa shape index (κ1) is 16.0. The molecule has 0 spiro atoms. The summed E-state index contributed by atoms with van der Waals surface area (Å²) in [6.45, 7) is -0.485. The molecule has 2 aromatic rings. The summed E-state index contributed by atoms with van der Waals surface area (Å²) in [5.74, 6) is -4.36. The van der Waals surface area contributed by atoms with Crippen molar-refractivity contribution < 1.29 is 21.6 Å². The largest absolute Gasteiger partial charge is 0.240 e. The summed E-state index contributed by atoms with van der Waals surface area (Å²) >= 11 is 3.17. The van der Waals surface area contributed by atoms with Gasteiger partial charge in [-0.15, -0.1) is 0 Å². The number of rotatable bonds is 4. The van der Waals surface area contributed by atoms with Crippen LogP contribution in [0.5, 0.6) is 0 Å². The third kappa shape index (κ3) is 3.63.